The van der Waals surface area contributed by atoms with Gasteiger partial charge in [0, 0.05) is 33.5 Å². The van der Waals surface area contributed by atoms with Crippen LogP contribution in [0.25, 0.3) is 5.57 Å². The van der Waals surface area contributed by atoms with Crippen LogP contribution in [-0.4, -0.2) is 14.7 Å². The number of carbonyl (C=O) groups is 1. The molecule has 0 aliphatic carbocycles. The standard InChI is InChI=1S/C23H16ClFN2O4S/c1-14(19-4-2-3-5-20(19)24)23(28)27-17-7-6-15(22(11-17)32(29)30)13-31-18-8-9-21(25)16(10-18)12-26/h2-11H,1,13H2,(H,27,28)(H,29,30). The van der Waals surface area contributed by atoms with Gasteiger partial charge in [-0.2, -0.15) is 5.26 Å². The molecule has 3 aromatic rings. The molecule has 3 rings (SSSR count). The van der Waals surface area contributed by atoms with Crippen molar-refractivity contribution in [2.45, 2.75) is 11.5 Å². The lowest BCUT2D eigenvalue weighted by Gasteiger charge is -2.13. The van der Waals surface area contributed by atoms with Crippen LogP contribution in [0.4, 0.5) is 10.1 Å². The van der Waals surface area contributed by atoms with E-state index in [0.717, 1.165) is 6.07 Å². The molecule has 1 atom stereocenters. The van der Waals surface area contributed by atoms with E-state index in [2.05, 4.69) is 11.9 Å². The summed E-state index contributed by atoms with van der Waals surface area (Å²) in [5.74, 6) is -0.964. The zero-order valence-corrected chi connectivity index (χ0v) is 18.0. The second-order valence-electron chi connectivity index (χ2n) is 6.53. The number of benzene rings is 3. The van der Waals surface area contributed by atoms with Crippen molar-refractivity contribution >= 4 is 39.8 Å². The summed E-state index contributed by atoms with van der Waals surface area (Å²) in [6, 6.07) is 16.6. The SMILES string of the molecule is C=C(C(=O)Nc1ccc(COc2ccc(F)c(C#N)c2)c(S(=O)O)c1)c1ccccc1Cl. The van der Waals surface area contributed by atoms with Gasteiger partial charge in [0.05, 0.1) is 10.5 Å². The highest BCUT2D eigenvalue weighted by atomic mass is 35.5. The maximum absolute atomic E-state index is 13.4. The molecule has 6 nitrogen and oxygen atoms in total. The number of ether oxygens (including phenoxy) is 1. The van der Waals surface area contributed by atoms with Crippen molar-refractivity contribution in [3.05, 3.63) is 94.8 Å². The number of carbonyl (C=O) groups excluding carboxylic acids is 1. The normalized spacial score (nSPS) is 11.3. The lowest BCUT2D eigenvalue weighted by molar-refractivity contribution is -0.111. The van der Waals surface area contributed by atoms with Gasteiger partial charge in [-0.15, -0.1) is 0 Å². The number of nitrogens with zero attached hydrogens (tertiary/aromatic N) is 1. The summed E-state index contributed by atoms with van der Waals surface area (Å²) in [4.78, 5) is 12.6. The molecule has 0 aromatic heterocycles. The smallest absolute Gasteiger partial charge is 0.255 e. The van der Waals surface area contributed by atoms with Gasteiger partial charge in [-0.1, -0.05) is 42.4 Å². The average Bonchev–Trinajstić information content (AvgIpc) is 2.78. The maximum Gasteiger partial charge on any atom is 0.255 e. The minimum absolute atomic E-state index is 0.0220. The Bertz CT molecular complexity index is 1270. The van der Waals surface area contributed by atoms with E-state index in [9.17, 15) is 17.9 Å². The molecular weight excluding hydrogens is 455 g/mol. The van der Waals surface area contributed by atoms with Crippen molar-refractivity contribution < 1.29 is 22.7 Å². The Morgan fingerprint density at radius 3 is 2.66 bits per heavy atom. The van der Waals surface area contributed by atoms with E-state index in [-0.39, 0.29) is 34.1 Å². The molecule has 1 amide bonds. The van der Waals surface area contributed by atoms with Gasteiger partial charge < -0.3 is 14.6 Å². The molecule has 32 heavy (non-hydrogen) atoms. The van der Waals surface area contributed by atoms with Gasteiger partial charge >= 0.3 is 0 Å². The molecule has 1 unspecified atom stereocenters. The number of halogens is 2. The zero-order chi connectivity index (χ0) is 23.3. The summed E-state index contributed by atoms with van der Waals surface area (Å²) in [6.07, 6.45) is 0. The van der Waals surface area contributed by atoms with Crippen molar-refractivity contribution in [1.29, 1.82) is 5.26 Å². The first kappa shape index (κ1) is 23.2. The lowest BCUT2D eigenvalue weighted by atomic mass is 10.1. The Kier molecular flexibility index (Phi) is 7.38. The molecule has 0 spiro atoms. The number of hydrogen-bond acceptors (Lipinski definition) is 4. The first-order valence-electron chi connectivity index (χ1n) is 9.11. The monoisotopic (exact) mass is 470 g/mol. The average molecular weight is 471 g/mol. The van der Waals surface area contributed by atoms with Gasteiger partial charge in [-0.05, 0) is 30.3 Å². The molecule has 0 saturated heterocycles. The molecule has 0 saturated carbocycles. The Morgan fingerprint density at radius 2 is 1.97 bits per heavy atom. The van der Waals surface area contributed by atoms with Gasteiger partial charge in [0.15, 0.2) is 11.1 Å². The predicted molar refractivity (Wildman–Crippen MR) is 120 cm³/mol. The highest BCUT2D eigenvalue weighted by Gasteiger charge is 2.15. The van der Waals surface area contributed by atoms with Crippen molar-refractivity contribution in [2.24, 2.45) is 0 Å². The second-order valence-corrected chi connectivity index (χ2v) is 7.87. The quantitative estimate of drug-likeness (QED) is 0.367. The van der Waals surface area contributed by atoms with Crippen LogP contribution in [0.15, 0.2) is 72.1 Å². The van der Waals surface area contributed by atoms with Crippen LogP contribution < -0.4 is 10.1 Å². The van der Waals surface area contributed by atoms with Crippen LogP contribution in [-0.2, 0) is 22.5 Å². The fraction of sp³-hybridized carbons (Fsp3) is 0.0435. The molecule has 9 heteroatoms. The number of hydrogen-bond donors (Lipinski definition) is 2. The van der Waals surface area contributed by atoms with Crippen LogP contribution in [0.3, 0.4) is 0 Å². The van der Waals surface area contributed by atoms with Gasteiger partial charge in [-0.25, -0.2) is 8.60 Å². The Morgan fingerprint density at radius 1 is 1.22 bits per heavy atom. The van der Waals surface area contributed by atoms with E-state index >= 15 is 0 Å². The summed E-state index contributed by atoms with van der Waals surface area (Å²) in [5.41, 5.74) is 1.08. The molecule has 2 N–H and O–H groups in total. The largest absolute Gasteiger partial charge is 0.489 e. The molecule has 0 aliphatic rings. The molecule has 0 bridgehead atoms. The third-order valence-electron chi connectivity index (χ3n) is 4.44. The van der Waals surface area contributed by atoms with Crippen molar-refractivity contribution in [2.75, 3.05) is 5.32 Å². The maximum atomic E-state index is 13.4. The number of anilines is 1. The molecule has 0 aliphatic heterocycles. The summed E-state index contributed by atoms with van der Waals surface area (Å²) in [6.45, 7) is 3.65. The fourth-order valence-electron chi connectivity index (χ4n) is 2.79. The number of amides is 1. The van der Waals surface area contributed by atoms with E-state index in [0.29, 0.717) is 16.1 Å². The molecule has 0 fully saturated rings. The van der Waals surface area contributed by atoms with E-state index in [1.54, 1.807) is 30.3 Å². The summed E-state index contributed by atoms with van der Waals surface area (Å²) < 4.78 is 40.5. The van der Waals surface area contributed by atoms with E-state index in [4.69, 9.17) is 21.6 Å². The van der Waals surface area contributed by atoms with Crippen LogP contribution >= 0.6 is 11.6 Å². The molecular formula is C23H16ClFN2O4S. The molecule has 3 aromatic carbocycles. The van der Waals surface area contributed by atoms with Crippen molar-refractivity contribution in [3.8, 4) is 11.8 Å². The van der Waals surface area contributed by atoms with E-state index < -0.39 is 22.8 Å². The third kappa shape index (κ3) is 5.39. The van der Waals surface area contributed by atoms with Crippen molar-refractivity contribution in [1.82, 2.24) is 0 Å². The van der Waals surface area contributed by atoms with Crippen LogP contribution in [0.1, 0.15) is 16.7 Å². The van der Waals surface area contributed by atoms with Gasteiger partial charge in [0.2, 0.25) is 0 Å². The topological polar surface area (TPSA) is 99.4 Å². The Balaban J connectivity index is 1.76. The van der Waals surface area contributed by atoms with Gasteiger partial charge in [0.1, 0.15) is 24.2 Å². The van der Waals surface area contributed by atoms with Crippen LogP contribution in [0.2, 0.25) is 5.02 Å². The first-order chi connectivity index (χ1) is 15.3. The Labute approximate surface area is 191 Å². The highest BCUT2D eigenvalue weighted by Crippen LogP contribution is 2.26. The predicted octanol–water partition coefficient (Wildman–Crippen LogP) is 5.16. The third-order valence-corrected chi connectivity index (χ3v) is 5.52. The summed E-state index contributed by atoms with van der Waals surface area (Å²) in [7, 11) is 0. The van der Waals surface area contributed by atoms with Crippen molar-refractivity contribution in [3.63, 3.8) is 0 Å². The number of nitriles is 1. The van der Waals surface area contributed by atoms with Crippen LogP contribution in [0, 0.1) is 17.1 Å². The van der Waals surface area contributed by atoms with E-state index in [1.165, 1.54) is 30.3 Å². The second kappa shape index (κ2) is 10.2. The lowest BCUT2D eigenvalue weighted by Crippen LogP contribution is -2.14. The summed E-state index contributed by atoms with van der Waals surface area (Å²) in [5, 5.41) is 11.9. The molecule has 0 heterocycles. The highest BCUT2D eigenvalue weighted by molar-refractivity contribution is 7.79. The number of rotatable bonds is 7. The Hall–Kier alpha value is -3.51. The fourth-order valence-corrected chi connectivity index (χ4v) is 3.62. The minimum Gasteiger partial charge on any atom is -0.489 e. The van der Waals surface area contributed by atoms with Gasteiger partial charge in [0.25, 0.3) is 5.91 Å². The van der Waals surface area contributed by atoms with Crippen LogP contribution in [0.5, 0.6) is 5.75 Å². The first-order valence-corrected chi connectivity index (χ1v) is 10.6. The zero-order valence-electron chi connectivity index (χ0n) is 16.5. The van der Waals surface area contributed by atoms with Gasteiger partial charge in [-0.3, -0.25) is 4.79 Å². The minimum atomic E-state index is -2.37. The number of nitrogens with one attached hydrogen (secondary N) is 1. The molecule has 0 radical (unpaired) electrons. The summed E-state index contributed by atoms with van der Waals surface area (Å²) >= 11 is 3.73. The van der Waals surface area contributed by atoms with E-state index in [1.807, 2.05) is 0 Å². The molecule has 162 valence electrons.